The zero-order valence-corrected chi connectivity index (χ0v) is 18.7. The van der Waals surface area contributed by atoms with Crippen molar-refractivity contribution >= 4 is 18.0 Å². The Hall–Kier alpha value is -2.57. The number of carbonyl (C=O) groups is 3. The number of rotatable bonds is 4. The van der Waals surface area contributed by atoms with Crippen LogP contribution < -0.4 is 5.32 Å². The molecule has 164 valence electrons. The highest BCUT2D eigenvalue weighted by Gasteiger charge is 2.50. The molecular formula is C23H32N2O5. The van der Waals surface area contributed by atoms with E-state index in [-0.39, 0.29) is 11.3 Å². The van der Waals surface area contributed by atoms with E-state index in [4.69, 9.17) is 9.47 Å². The minimum atomic E-state index is -0.621. The summed E-state index contributed by atoms with van der Waals surface area (Å²) < 4.78 is 10.3. The van der Waals surface area contributed by atoms with Crippen LogP contribution in [0.2, 0.25) is 0 Å². The van der Waals surface area contributed by atoms with Crippen LogP contribution in [0.5, 0.6) is 0 Å². The van der Waals surface area contributed by atoms with E-state index in [9.17, 15) is 14.4 Å². The summed E-state index contributed by atoms with van der Waals surface area (Å²) in [6.45, 7) is 10.0. The van der Waals surface area contributed by atoms with Gasteiger partial charge in [-0.1, -0.05) is 26.0 Å². The molecule has 1 aromatic rings. The second-order valence-electron chi connectivity index (χ2n) is 10.1. The summed E-state index contributed by atoms with van der Waals surface area (Å²) in [4.78, 5) is 39.2. The molecule has 1 atom stereocenters. The van der Waals surface area contributed by atoms with Crippen LogP contribution in [0.15, 0.2) is 24.3 Å². The molecule has 7 heteroatoms. The molecule has 3 rings (SSSR count). The van der Waals surface area contributed by atoms with Crippen molar-refractivity contribution in [3.63, 3.8) is 0 Å². The highest BCUT2D eigenvalue weighted by atomic mass is 16.6. The first-order chi connectivity index (χ1) is 13.9. The normalized spacial score (nSPS) is 21.7. The number of hydrogen-bond acceptors (Lipinski definition) is 5. The van der Waals surface area contributed by atoms with Crippen LogP contribution in [-0.4, -0.2) is 48.2 Å². The van der Waals surface area contributed by atoms with Gasteiger partial charge in [-0.15, -0.1) is 0 Å². The predicted molar refractivity (Wildman–Crippen MR) is 112 cm³/mol. The topological polar surface area (TPSA) is 84.9 Å². The third-order valence-electron chi connectivity index (χ3n) is 5.62. The van der Waals surface area contributed by atoms with E-state index in [0.717, 1.165) is 18.4 Å². The van der Waals surface area contributed by atoms with Gasteiger partial charge in [-0.25, -0.2) is 9.59 Å². The molecule has 1 saturated carbocycles. The molecule has 2 aliphatic rings. The van der Waals surface area contributed by atoms with Gasteiger partial charge in [0.25, 0.3) is 0 Å². The molecule has 2 amide bonds. The summed E-state index contributed by atoms with van der Waals surface area (Å²) in [6.07, 6.45) is 1.76. The molecule has 1 aliphatic carbocycles. The maximum atomic E-state index is 13.2. The van der Waals surface area contributed by atoms with Gasteiger partial charge >= 0.3 is 12.1 Å². The van der Waals surface area contributed by atoms with Crippen molar-refractivity contribution in [3.8, 4) is 0 Å². The molecule has 1 saturated heterocycles. The number of nitrogens with zero attached hydrogens (tertiary/aromatic N) is 1. The molecule has 1 N–H and O–H groups in total. The van der Waals surface area contributed by atoms with E-state index in [1.807, 2.05) is 32.9 Å². The number of amides is 2. The maximum Gasteiger partial charge on any atom is 0.410 e. The van der Waals surface area contributed by atoms with Crippen LogP contribution in [0.1, 0.15) is 69.8 Å². The summed E-state index contributed by atoms with van der Waals surface area (Å²) >= 11 is 0. The van der Waals surface area contributed by atoms with Gasteiger partial charge in [0, 0.05) is 6.54 Å². The van der Waals surface area contributed by atoms with Crippen molar-refractivity contribution in [3.05, 3.63) is 35.4 Å². The van der Waals surface area contributed by atoms with E-state index in [2.05, 4.69) is 19.2 Å². The number of methoxy groups -OCH3 is 1. The van der Waals surface area contributed by atoms with E-state index >= 15 is 0 Å². The SMILES string of the molecule is COC(=O)c1ccc(C2(NC(=O)C3CC(C)(C)CN3C(=O)OC(C)(C)C)CC2)cc1. The second kappa shape index (κ2) is 7.60. The van der Waals surface area contributed by atoms with Gasteiger partial charge in [0.2, 0.25) is 5.91 Å². The van der Waals surface area contributed by atoms with Crippen LogP contribution in [0, 0.1) is 5.41 Å². The van der Waals surface area contributed by atoms with Gasteiger partial charge in [0.15, 0.2) is 0 Å². The average molecular weight is 417 g/mol. The smallest absolute Gasteiger partial charge is 0.410 e. The van der Waals surface area contributed by atoms with E-state index < -0.39 is 29.2 Å². The Kier molecular flexibility index (Phi) is 5.60. The maximum absolute atomic E-state index is 13.2. The van der Waals surface area contributed by atoms with Gasteiger partial charge in [0.05, 0.1) is 18.2 Å². The van der Waals surface area contributed by atoms with Crippen molar-refractivity contribution < 1.29 is 23.9 Å². The fraction of sp³-hybridized carbons (Fsp3) is 0.609. The largest absolute Gasteiger partial charge is 0.465 e. The number of ether oxygens (including phenoxy) is 2. The molecule has 1 heterocycles. The Morgan fingerprint density at radius 3 is 2.20 bits per heavy atom. The van der Waals surface area contributed by atoms with Crippen molar-refractivity contribution in [2.45, 2.75) is 71.1 Å². The second-order valence-corrected chi connectivity index (χ2v) is 10.1. The number of carbonyl (C=O) groups excluding carboxylic acids is 3. The van der Waals surface area contributed by atoms with Gasteiger partial charge in [-0.3, -0.25) is 9.69 Å². The first-order valence-corrected chi connectivity index (χ1v) is 10.4. The summed E-state index contributed by atoms with van der Waals surface area (Å²) in [5, 5.41) is 3.17. The van der Waals surface area contributed by atoms with Crippen molar-refractivity contribution in [1.29, 1.82) is 0 Å². The number of likely N-dealkylation sites (tertiary alicyclic amines) is 1. The Labute approximate surface area is 178 Å². The first-order valence-electron chi connectivity index (χ1n) is 10.4. The highest BCUT2D eigenvalue weighted by Crippen LogP contribution is 2.46. The molecule has 0 aromatic heterocycles. The van der Waals surface area contributed by atoms with E-state index in [1.165, 1.54) is 7.11 Å². The standard InChI is InChI=1S/C23H32N2O5/c1-21(2,3)30-20(28)25-14-22(4,5)13-17(25)18(26)24-23(11-12-23)16-9-7-15(8-10-16)19(27)29-6/h7-10,17H,11-14H2,1-6H3,(H,24,26). The minimum absolute atomic E-state index is 0.166. The summed E-state index contributed by atoms with van der Waals surface area (Å²) in [5.74, 6) is -0.558. The lowest BCUT2D eigenvalue weighted by molar-refractivity contribution is -0.126. The molecule has 0 bridgehead atoms. The van der Waals surface area contributed by atoms with Crippen LogP contribution in [0.4, 0.5) is 4.79 Å². The number of esters is 1. The summed E-state index contributed by atoms with van der Waals surface area (Å²) in [5.41, 5.74) is 0.182. The van der Waals surface area contributed by atoms with Gasteiger partial charge < -0.3 is 14.8 Å². The van der Waals surface area contributed by atoms with Crippen LogP contribution >= 0.6 is 0 Å². The quantitative estimate of drug-likeness (QED) is 0.758. The van der Waals surface area contributed by atoms with Crippen molar-refractivity contribution in [2.24, 2.45) is 5.41 Å². The number of hydrogen-bond donors (Lipinski definition) is 1. The van der Waals surface area contributed by atoms with E-state index in [0.29, 0.717) is 18.5 Å². The summed E-state index contributed by atoms with van der Waals surface area (Å²) in [6, 6.07) is 6.55. The van der Waals surface area contributed by atoms with E-state index in [1.54, 1.807) is 17.0 Å². The zero-order valence-electron chi connectivity index (χ0n) is 18.7. The van der Waals surface area contributed by atoms with Crippen LogP contribution in [-0.2, 0) is 19.8 Å². The molecule has 1 aromatic carbocycles. The third-order valence-corrected chi connectivity index (χ3v) is 5.62. The minimum Gasteiger partial charge on any atom is -0.465 e. The molecule has 0 spiro atoms. The molecule has 1 aliphatic heterocycles. The van der Waals surface area contributed by atoms with Gasteiger partial charge in [-0.2, -0.15) is 0 Å². The zero-order chi connectivity index (χ0) is 22.3. The third kappa shape index (κ3) is 4.77. The Bertz CT molecular complexity index is 834. The molecular weight excluding hydrogens is 384 g/mol. The van der Waals surface area contributed by atoms with Crippen molar-refractivity contribution in [1.82, 2.24) is 10.2 Å². The number of benzene rings is 1. The lowest BCUT2D eigenvalue weighted by Crippen LogP contribution is -2.50. The number of nitrogens with one attached hydrogen (secondary N) is 1. The highest BCUT2D eigenvalue weighted by molar-refractivity contribution is 5.89. The fourth-order valence-corrected chi connectivity index (χ4v) is 3.99. The lowest BCUT2D eigenvalue weighted by Gasteiger charge is -2.29. The molecule has 2 fully saturated rings. The van der Waals surface area contributed by atoms with Crippen molar-refractivity contribution in [2.75, 3.05) is 13.7 Å². The Balaban J connectivity index is 1.75. The van der Waals surface area contributed by atoms with Crippen LogP contribution in [0.25, 0.3) is 0 Å². The molecule has 0 radical (unpaired) electrons. The van der Waals surface area contributed by atoms with Gasteiger partial charge in [0.1, 0.15) is 11.6 Å². The summed E-state index contributed by atoms with van der Waals surface area (Å²) in [7, 11) is 1.35. The Morgan fingerprint density at radius 2 is 1.70 bits per heavy atom. The first kappa shape index (κ1) is 22.1. The van der Waals surface area contributed by atoms with Crippen LogP contribution in [0.3, 0.4) is 0 Å². The Morgan fingerprint density at radius 1 is 1.10 bits per heavy atom. The molecule has 7 nitrogen and oxygen atoms in total. The monoisotopic (exact) mass is 416 g/mol. The van der Waals surface area contributed by atoms with Gasteiger partial charge in [-0.05, 0) is 63.1 Å². The lowest BCUT2D eigenvalue weighted by atomic mass is 9.90. The molecule has 1 unspecified atom stereocenters. The predicted octanol–water partition coefficient (Wildman–Crippen LogP) is 3.61. The molecule has 30 heavy (non-hydrogen) atoms. The fourth-order valence-electron chi connectivity index (χ4n) is 3.99. The average Bonchev–Trinajstić information content (AvgIpc) is 3.35.